The van der Waals surface area contributed by atoms with Gasteiger partial charge in [-0.05, 0) is 38.5 Å². The lowest BCUT2D eigenvalue weighted by Crippen LogP contribution is -2.54. The van der Waals surface area contributed by atoms with E-state index in [1.165, 1.54) is 6.07 Å². The molecule has 4 nitrogen and oxygen atoms in total. The Hall–Kier alpha value is -1.46. The van der Waals surface area contributed by atoms with Crippen molar-refractivity contribution in [1.29, 1.82) is 0 Å². The molecule has 1 amide bonds. The Bertz CT molecular complexity index is 498. The zero-order valence-corrected chi connectivity index (χ0v) is 13.7. The maximum Gasteiger partial charge on any atom is 0.237 e. The van der Waals surface area contributed by atoms with E-state index in [1.54, 1.807) is 12.1 Å². The van der Waals surface area contributed by atoms with Crippen molar-refractivity contribution < 1.29 is 9.18 Å². The second-order valence-corrected chi connectivity index (χ2v) is 6.28. The van der Waals surface area contributed by atoms with E-state index in [9.17, 15) is 9.18 Å². The van der Waals surface area contributed by atoms with E-state index in [1.807, 2.05) is 26.8 Å². The number of carbonyl (C=O) groups excluding carboxylic acids is 1. The van der Waals surface area contributed by atoms with Crippen molar-refractivity contribution in [3.63, 3.8) is 0 Å². The minimum Gasteiger partial charge on any atom is -0.353 e. The summed E-state index contributed by atoms with van der Waals surface area (Å²) in [6.45, 7) is 10.2. The third kappa shape index (κ3) is 4.78. The topological polar surface area (TPSA) is 35.6 Å². The van der Waals surface area contributed by atoms with Crippen LogP contribution in [0.15, 0.2) is 24.3 Å². The van der Waals surface area contributed by atoms with E-state index in [0.29, 0.717) is 0 Å². The third-order valence-electron chi connectivity index (χ3n) is 4.06. The Morgan fingerprint density at radius 1 is 1.23 bits per heavy atom. The molecular formula is C17H26FN3O. The Labute approximate surface area is 132 Å². The van der Waals surface area contributed by atoms with E-state index in [2.05, 4.69) is 15.1 Å². The highest BCUT2D eigenvalue weighted by atomic mass is 19.1. The SMILES string of the molecule is CC(C)NC(=O)C(C)N1CCN(Cc2cccc(F)c2)CC1. The van der Waals surface area contributed by atoms with Gasteiger partial charge in [-0.25, -0.2) is 4.39 Å². The molecule has 0 radical (unpaired) electrons. The van der Waals surface area contributed by atoms with Crippen LogP contribution in [0.1, 0.15) is 26.3 Å². The highest BCUT2D eigenvalue weighted by Crippen LogP contribution is 2.12. The monoisotopic (exact) mass is 307 g/mol. The first-order chi connectivity index (χ1) is 10.5. The van der Waals surface area contributed by atoms with E-state index < -0.39 is 0 Å². The molecule has 2 rings (SSSR count). The van der Waals surface area contributed by atoms with Gasteiger partial charge in [-0.1, -0.05) is 12.1 Å². The molecular weight excluding hydrogens is 281 g/mol. The molecule has 0 saturated carbocycles. The molecule has 1 aromatic rings. The van der Waals surface area contributed by atoms with Crippen LogP contribution in [0.4, 0.5) is 4.39 Å². The van der Waals surface area contributed by atoms with Crippen LogP contribution in [0.25, 0.3) is 0 Å². The van der Waals surface area contributed by atoms with Gasteiger partial charge in [-0.2, -0.15) is 0 Å². The van der Waals surface area contributed by atoms with Crippen molar-refractivity contribution in [3.8, 4) is 0 Å². The average Bonchev–Trinajstić information content (AvgIpc) is 2.46. The fraction of sp³-hybridized carbons (Fsp3) is 0.588. The summed E-state index contributed by atoms with van der Waals surface area (Å²) in [5.41, 5.74) is 0.999. The third-order valence-corrected chi connectivity index (χ3v) is 4.06. The Kier molecular flexibility index (Phi) is 5.91. The van der Waals surface area contributed by atoms with Gasteiger partial charge in [-0.15, -0.1) is 0 Å². The van der Waals surface area contributed by atoms with Crippen LogP contribution < -0.4 is 5.32 Å². The number of rotatable bonds is 5. The first-order valence-corrected chi connectivity index (χ1v) is 7.97. The minimum absolute atomic E-state index is 0.0913. The fourth-order valence-corrected chi connectivity index (χ4v) is 2.77. The number of hydrogen-bond donors (Lipinski definition) is 1. The summed E-state index contributed by atoms with van der Waals surface area (Å²) >= 11 is 0. The van der Waals surface area contributed by atoms with Crippen LogP contribution in [-0.4, -0.2) is 54.0 Å². The molecule has 1 unspecified atom stereocenters. The summed E-state index contributed by atoms with van der Waals surface area (Å²) in [5, 5.41) is 2.96. The first-order valence-electron chi connectivity index (χ1n) is 7.97. The number of amides is 1. The molecule has 1 aliphatic rings. The van der Waals surface area contributed by atoms with Gasteiger partial charge in [-0.3, -0.25) is 14.6 Å². The summed E-state index contributed by atoms with van der Waals surface area (Å²) in [4.78, 5) is 16.6. The zero-order valence-electron chi connectivity index (χ0n) is 13.7. The molecule has 5 heteroatoms. The Morgan fingerprint density at radius 3 is 2.50 bits per heavy atom. The summed E-state index contributed by atoms with van der Waals surface area (Å²) in [6, 6.07) is 6.83. The highest BCUT2D eigenvalue weighted by molar-refractivity contribution is 5.81. The van der Waals surface area contributed by atoms with Gasteiger partial charge in [0.2, 0.25) is 5.91 Å². The van der Waals surface area contributed by atoms with Crippen LogP contribution in [0.2, 0.25) is 0 Å². The maximum atomic E-state index is 13.2. The summed E-state index contributed by atoms with van der Waals surface area (Å²) in [6.07, 6.45) is 0. The molecule has 122 valence electrons. The van der Waals surface area contributed by atoms with Gasteiger partial charge in [0.15, 0.2) is 0 Å². The van der Waals surface area contributed by atoms with E-state index in [0.717, 1.165) is 38.3 Å². The average molecular weight is 307 g/mol. The quantitative estimate of drug-likeness (QED) is 0.902. The van der Waals surface area contributed by atoms with E-state index in [4.69, 9.17) is 0 Å². The van der Waals surface area contributed by atoms with E-state index in [-0.39, 0.29) is 23.8 Å². The van der Waals surface area contributed by atoms with Crippen LogP contribution in [-0.2, 0) is 11.3 Å². The zero-order chi connectivity index (χ0) is 16.1. The standard InChI is InChI=1S/C17H26FN3O/c1-13(2)19-17(22)14(3)21-9-7-20(8-10-21)12-15-5-4-6-16(18)11-15/h4-6,11,13-14H,7-10,12H2,1-3H3,(H,19,22). The normalized spacial score (nSPS) is 18.4. The van der Waals surface area contributed by atoms with Crippen molar-refractivity contribution in [2.45, 2.75) is 39.4 Å². The van der Waals surface area contributed by atoms with Gasteiger partial charge in [0.1, 0.15) is 5.82 Å². The molecule has 1 aliphatic heterocycles. The smallest absolute Gasteiger partial charge is 0.237 e. The minimum atomic E-state index is -0.185. The number of hydrogen-bond acceptors (Lipinski definition) is 3. The van der Waals surface area contributed by atoms with Gasteiger partial charge in [0.25, 0.3) is 0 Å². The van der Waals surface area contributed by atoms with Crippen molar-refractivity contribution >= 4 is 5.91 Å². The molecule has 0 aromatic heterocycles. The molecule has 1 atom stereocenters. The van der Waals surface area contributed by atoms with Crippen LogP contribution in [0.5, 0.6) is 0 Å². The molecule has 0 aliphatic carbocycles. The van der Waals surface area contributed by atoms with Crippen molar-refractivity contribution in [3.05, 3.63) is 35.6 Å². The second kappa shape index (κ2) is 7.70. The lowest BCUT2D eigenvalue weighted by molar-refractivity contribution is -0.127. The van der Waals surface area contributed by atoms with Gasteiger partial charge in [0.05, 0.1) is 6.04 Å². The number of benzene rings is 1. The summed E-state index contributed by atoms with van der Waals surface area (Å²) in [7, 11) is 0. The second-order valence-electron chi connectivity index (χ2n) is 6.28. The van der Waals surface area contributed by atoms with E-state index >= 15 is 0 Å². The van der Waals surface area contributed by atoms with Crippen molar-refractivity contribution in [2.75, 3.05) is 26.2 Å². The summed E-state index contributed by atoms with van der Waals surface area (Å²) < 4.78 is 13.2. The van der Waals surface area contributed by atoms with Gasteiger partial charge < -0.3 is 5.32 Å². The largest absolute Gasteiger partial charge is 0.353 e. The van der Waals surface area contributed by atoms with Crippen LogP contribution in [0, 0.1) is 5.82 Å². The molecule has 1 saturated heterocycles. The number of carbonyl (C=O) groups is 1. The van der Waals surface area contributed by atoms with Gasteiger partial charge in [0, 0.05) is 38.8 Å². The molecule has 1 N–H and O–H groups in total. The first kappa shape index (κ1) is 16.9. The van der Waals surface area contributed by atoms with Crippen LogP contribution >= 0.6 is 0 Å². The predicted molar refractivity (Wildman–Crippen MR) is 86.0 cm³/mol. The lowest BCUT2D eigenvalue weighted by Gasteiger charge is -2.37. The molecule has 0 bridgehead atoms. The number of nitrogens with one attached hydrogen (secondary N) is 1. The highest BCUT2D eigenvalue weighted by Gasteiger charge is 2.25. The molecule has 1 fully saturated rings. The Morgan fingerprint density at radius 2 is 1.91 bits per heavy atom. The summed E-state index contributed by atoms with van der Waals surface area (Å²) in [5.74, 6) is -0.0938. The number of piperazine rings is 1. The number of halogens is 1. The van der Waals surface area contributed by atoms with Crippen molar-refractivity contribution in [2.24, 2.45) is 0 Å². The fourth-order valence-electron chi connectivity index (χ4n) is 2.77. The van der Waals surface area contributed by atoms with Crippen LogP contribution in [0.3, 0.4) is 0 Å². The predicted octanol–water partition coefficient (Wildman–Crippen LogP) is 1.86. The molecule has 22 heavy (non-hydrogen) atoms. The molecule has 1 aromatic carbocycles. The van der Waals surface area contributed by atoms with Gasteiger partial charge >= 0.3 is 0 Å². The number of nitrogens with zero attached hydrogens (tertiary/aromatic N) is 2. The maximum absolute atomic E-state index is 13.2. The molecule has 1 heterocycles. The Balaban J connectivity index is 1.81. The molecule has 0 spiro atoms. The lowest BCUT2D eigenvalue weighted by atomic mass is 10.1. The van der Waals surface area contributed by atoms with Crippen molar-refractivity contribution in [1.82, 2.24) is 15.1 Å².